The van der Waals surface area contributed by atoms with Crippen molar-refractivity contribution in [2.75, 3.05) is 19.7 Å². The Bertz CT molecular complexity index is 712. The SMILES string of the molecule is Cc1nc(C(=O)N2CCC3(COc4ccccc43)C2)cs1. The standard InChI is InChI=1S/C16H16N2O2S/c1-11-17-13(8-21-11)15(19)18-7-6-16(9-18)10-20-14-5-3-2-4-12(14)16/h2-5,8H,6-7,9-10H2,1H3. The molecule has 4 nitrogen and oxygen atoms in total. The van der Waals surface area contributed by atoms with Crippen molar-refractivity contribution in [2.24, 2.45) is 0 Å². The fraction of sp³-hybridized carbons (Fsp3) is 0.375. The summed E-state index contributed by atoms with van der Waals surface area (Å²) in [6, 6.07) is 8.18. The highest BCUT2D eigenvalue weighted by Gasteiger charge is 2.47. The third-order valence-corrected chi connectivity index (χ3v) is 5.22. The summed E-state index contributed by atoms with van der Waals surface area (Å²) in [6.07, 6.45) is 0.957. The molecule has 1 aromatic carbocycles. The number of aryl methyl sites for hydroxylation is 1. The number of fused-ring (bicyclic) bond motifs is 2. The molecule has 2 aliphatic heterocycles. The lowest BCUT2D eigenvalue weighted by molar-refractivity contribution is 0.0775. The third kappa shape index (κ3) is 1.95. The van der Waals surface area contributed by atoms with E-state index < -0.39 is 0 Å². The minimum atomic E-state index is -0.0304. The second kappa shape index (κ2) is 4.56. The Morgan fingerprint density at radius 2 is 2.29 bits per heavy atom. The molecule has 5 heteroatoms. The van der Waals surface area contributed by atoms with Crippen LogP contribution in [0.5, 0.6) is 5.75 Å². The largest absolute Gasteiger partial charge is 0.492 e. The average Bonchev–Trinajstić information content (AvgIpc) is 3.20. The van der Waals surface area contributed by atoms with Gasteiger partial charge in [0.1, 0.15) is 11.4 Å². The van der Waals surface area contributed by atoms with E-state index in [-0.39, 0.29) is 11.3 Å². The Kier molecular flexibility index (Phi) is 2.79. The number of hydrogen-bond donors (Lipinski definition) is 0. The van der Waals surface area contributed by atoms with Crippen molar-refractivity contribution in [3.8, 4) is 5.75 Å². The van der Waals surface area contributed by atoms with Gasteiger partial charge in [-0.3, -0.25) is 4.79 Å². The first kappa shape index (κ1) is 12.8. The lowest BCUT2D eigenvalue weighted by atomic mass is 9.82. The third-order valence-electron chi connectivity index (χ3n) is 4.44. The van der Waals surface area contributed by atoms with Crippen molar-refractivity contribution in [2.45, 2.75) is 18.8 Å². The molecule has 1 spiro atoms. The molecule has 108 valence electrons. The molecule has 0 saturated carbocycles. The number of likely N-dealkylation sites (tertiary alicyclic amines) is 1. The Balaban J connectivity index is 1.60. The van der Waals surface area contributed by atoms with Crippen molar-refractivity contribution in [3.63, 3.8) is 0 Å². The van der Waals surface area contributed by atoms with Crippen molar-refractivity contribution in [1.82, 2.24) is 9.88 Å². The fourth-order valence-electron chi connectivity index (χ4n) is 3.33. The first-order valence-electron chi connectivity index (χ1n) is 7.12. The molecule has 0 aliphatic carbocycles. The smallest absolute Gasteiger partial charge is 0.273 e. The van der Waals surface area contributed by atoms with E-state index in [0.717, 1.165) is 30.3 Å². The molecule has 4 rings (SSSR count). The summed E-state index contributed by atoms with van der Waals surface area (Å²) in [6.45, 7) is 4.09. The summed E-state index contributed by atoms with van der Waals surface area (Å²) in [4.78, 5) is 18.8. The summed E-state index contributed by atoms with van der Waals surface area (Å²) < 4.78 is 5.82. The van der Waals surface area contributed by atoms with Gasteiger partial charge in [0.15, 0.2) is 0 Å². The molecule has 2 aliphatic rings. The van der Waals surface area contributed by atoms with Crippen LogP contribution in [-0.2, 0) is 5.41 Å². The number of nitrogens with zero attached hydrogens (tertiary/aromatic N) is 2. The Labute approximate surface area is 127 Å². The van der Waals surface area contributed by atoms with Crippen molar-refractivity contribution >= 4 is 17.2 Å². The minimum Gasteiger partial charge on any atom is -0.492 e. The summed E-state index contributed by atoms with van der Waals surface area (Å²) in [5, 5.41) is 2.78. The van der Waals surface area contributed by atoms with Crippen LogP contribution in [0.25, 0.3) is 0 Å². The molecule has 0 radical (unpaired) electrons. The van der Waals surface area contributed by atoms with Gasteiger partial charge >= 0.3 is 0 Å². The number of ether oxygens (including phenoxy) is 1. The Hall–Kier alpha value is -1.88. The van der Waals surface area contributed by atoms with E-state index in [1.807, 2.05) is 35.4 Å². The maximum atomic E-state index is 12.5. The van der Waals surface area contributed by atoms with Crippen LogP contribution < -0.4 is 4.74 Å². The number of amides is 1. The molecule has 1 fully saturated rings. The molecular formula is C16H16N2O2S. The van der Waals surface area contributed by atoms with Gasteiger partial charge < -0.3 is 9.64 Å². The van der Waals surface area contributed by atoms with E-state index >= 15 is 0 Å². The minimum absolute atomic E-state index is 0.0304. The molecule has 3 heterocycles. The Morgan fingerprint density at radius 3 is 3.10 bits per heavy atom. The quantitative estimate of drug-likeness (QED) is 0.813. The normalized spacial score (nSPS) is 23.4. The zero-order valence-electron chi connectivity index (χ0n) is 11.8. The van der Waals surface area contributed by atoms with E-state index in [0.29, 0.717) is 12.3 Å². The molecule has 2 aromatic rings. The predicted molar refractivity (Wildman–Crippen MR) is 81.0 cm³/mol. The number of para-hydroxylation sites is 1. The van der Waals surface area contributed by atoms with E-state index in [2.05, 4.69) is 11.1 Å². The van der Waals surface area contributed by atoms with Crippen LogP contribution in [0.3, 0.4) is 0 Å². The number of hydrogen-bond acceptors (Lipinski definition) is 4. The van der Waals surface area contributed by atoms with Crippen molar-refractivity contribution in [1.29, 1.82) is 0 Å². The van der Waals surface area contributed by atoms with Crippen LogP contribution in [0.4, 0.5) is 0 Å². The lowest BCUT2D eigenvalue weighted by Crippen LogP contribution is -2.35. The van der Waals surface area contributed by atoms with Crippen molar-refractivity contribution < 1.29 is 9.53 Å². The zero-order valence-corrected chi connectivity index (χ0v) is 12.7. The molecule has 0 bridgehead atoms. The number of thiazole rings is 1. The Morgan fingerprint density at radius 1 is 1.43 bits per heavy atom. The van der Waals surface area contributed by atoms with Crippen LogP contribution >= 0.6 is 11.3 Å². The van der Waals surface area contributed by atoms with Crippen LogP contribution in [-0.4, -0.2) is 35.5 Å². The summed E-state index contributed by atoms with van der Waals surface area (Å²) in [7, 11) is 0. The van der Waals surface area contributed by atoms with E-state index in [4.69, 9.17) is 4.74 Å². The maximum absolute atomic E-state index is 12.5. The second-order valence-electron chi connectivity index (χ2n) is 5.79. The first-order valence-corrected chi connectivity index (χ1v) is 8.00. The van der Waals surface area contributed by atoms with Crippen LogP contribution in [0.2, 0.25) is 0 Å². The van der Waals surface area contributed by atoms with Gasteiger partial charge in [-0.05, 0) is 19.4 Å². The number of rotatable bonds is 1. The topological polar surface area (TPSA) is 42.4 Å². The highest BCUT2D eigenvalue weighted by atomic mass is 32.1. The van der Waals surface area contributed by atoms with E-state index in [1.54, 1.807) is 0 Å². The van der Waals surface area contributed by atoms with Gasteiger partial charge in [0.25, 0.3) is 5.91 Å². The highest BCUT2D eigenvalue weighted by molar-refractivity contribution is 7.09. The summed E-state index contributed by atoms with van der Waals surface area (Å²) in [5.41, 5.74) is 1.79. The van der Waals surface area contributed by atoms with Gasteiger partial charge in [-0.1, -0.05) is 18.2 Å². The van der Waals surface area contributed by atoms with E-state index in [1.165, 1.54) is 16.9 Å². The summed E-state index contributed by atoms with van der Waals surface area (Å²) in [5.74, 6) is 1.01. The molecule has 0 N–H and O–H groups in total. The number of carbonyl (C=O) groups is 1. The lowest BCUT2D eigenvalue weighted by Gasteiger charge is -2.22. The molecule has 1 unspecified atom stereocenters. The molecule has 1 amide bonds. The van der Waals surface area contributed by atoms with Crippen molar-refractivity contribution in [3.05, 3.63) is 45.9 Å². The second-order valence-corrected chi connectivity index (χ2v) is 6.86. The molecule has 1 atom stereocenters. The molecule has 1 saturated heterocycles. The molecular weight excluding hydrogens is 284 g/mol. The summed E-state index contributed by atoms with van der Waals surface area (Å²) >= 11 is 1.52. The van der Waals surface area contributed by atoms with Crippen LogP contribution in [0.15, 0.2) is 29.6 Å². The van der Waals surface area contributed by atoms with Gasteiger partial charge in [0.05, 0.1) is 17.0 Å². The molecule has 21 heavy (non-hydrogen) atoms. The number of benzene rings is 1. The highest BCUT2D eigenvalue weighted by Crippen LogP contribution is 2.44. The van der Waals surface area contributed by atoms with Gasteiger partial charge in [-0.2, -0.15) is 0 Å². The van der Waals surface area contributed by atoms with Crippen LogP contribution in [0.1, 0.15) is 27.5 Å². The predicted octanol–water partition coefficient (Wildman–Crippen LogP) is 2.63. The van der Waals surface area contributed by atoms with Gasteiger partial charge in [-0.15, -0.1) is 11.3 Å². The maximum Gasteiger partial charge on any atom is 0.273 e. The van der Waals surface area contributed by atoms with Gasteiger partial charge in [-0.25, -0.2) is 4.98 Å². The molecule has 1 aromatic heterocycles. The average molecular weight is 300 g/mol. The van der Waals surface area contributed by atoms with Crippen LogP contribution in [0, 0.1) is 6.92 Å². The van der Waals surface area contributed by atoms with Gasteiger partial charge in [0, 0.05) is 24.0 Å². The van der Waals surface area contributed by atoms with E-state index in [9.17, 15) is 4.79 Å². The first-order chi connectivity index (χ1) is 10.2. The van der Waals surface area contributed by atoms with Gasteiger partial charge in [0.2, 0.25) is 0 Å². The monoisotopic (exact) mass is 300 g/mol. The zero-order chi connectivity index (χ0) is 14.4. The number of aromatic nitrogens is 1. The number of carbonyl (C=O) groups excluding carboxylic acids is 1. The fourth-order valence-corrected chi connectivity index (χ4v) is 3.92.